The molecule has 0 atom stereocenters. The number of carbonyl (C=O) groups excluding carboxylic acids is 1. The van der Waals surface area contributed by atoms with Gasteiger partial charge in [0.2, 0.25) is 11.8 Å². The first kappa shape index (κ1) is 22.5. The van der Waals surface area contributed by atoms with Crippen molar-refractivity contribution in [3.8, 4) is 5.88 Å². The molecule has 7 nitrogen and oxygen atoms in total. The molecule has 0 radical (unpaired) electrons. The Bertz CT molecular complexity index is 589. The van der Waals surface area contributed by atoms with Crippen LogP contribution in [0.2, 0.25) is 0 Å². The van der Waals surface area contributed by atoms with Crippen molar-refractivity contribution < 1.29 is 9.53 Å². The summed E-state index contributed by atoms with van der Waals surface area (Å²) >= 11 is 0. The Morgan fingerprint density at radius 2 is 2.15 bits per heavy atom. The first-order chi connectivity index (χ1) is 12.2. The second kappa shape index (κ2) is 11.9. The van der Waals surface area contributed by atoms with Crippen LogP contribution in [0.15, 0.2) is 23.3 Å². The van der Waals surface area contributed by atoms with Crippen LogP contribution >= 0.6 is 24.0 Å². The first-order valence-corrected chi connectivity index (χ1v) is 8.89. The number of hydrogen-bond donors (Lipinski definition) is 2. The van der Waals surface area contributed by atoms with Gasteiger partial charge in [0.05, 0.1) is 13.7 Å². The van der Waals surface area contributed by atoms with Gasteiger partial charge in [-0.3, -0.25) is 4.79 Å². The molecule has 146 valence electrons. The smallest absolute Gasteiger partial charge is 0.220 e. The third-order valence-corrected chi connectivity index (χ3v) is 4.44. The zero-order valence-electron chi connectivity index (χ0n) is 15.8. The van der Waals surface area contributed by atoms with Crippen LogP contribution < -0.4 is 15.4 Å². The molecule has 1 aliphatic heterocycles. The molecule has 2 heterocycles. The van der Waals surface area contributed by atoms with E-state index in [0.29, 0.717) is 24.8 Å². The van der Waals surface area contributed by atoms with E-state index >= 15 is 0 Å². The van der Waals surface area contributed by atoms with Gasteiger partial charge in [0.15, 0.2) is 5.96 Å². The topological polar surface area (TPSA) is 78.9 Å². The monoisotopic (exact) mass is 475 g/mol. The van der Waals surface area contributed by atoms with Crippen molar-refractivity contribution in [2.75, 3.05) is 33.8 Å². The number of pyridine rings is 1. The zero-order valence-corrected chi connectivity index (χ0v) is 18.2. The Balaban J connectivity index is 0.00000338. The van der Waals surface area contributed by atoms with E-state index in [1.807, 2.05) is 12.1 Å². The molecule has 1 aromatic rings. The van der Waals surface area contributed by atoms with Crippen LogP contribution in [0.3, 0.4) is 0 Å². The number of halogens is 1. The van der Waals surface area contributed by atoms with Crippen molar-refractivity contribution in [3.05, 3.63) is 23.9 Å². The van der Waals surface area contributed by atoms with E-state index in [1.54, 1.807) is 20.4 Å². The molecule has 8 heteroatoms. The Labute approximate surface area is 173 Å². The normalized spacial score (nSPS) is 15.2. The molecular weight excluding hydrogens is 445 g/mol. The SMILES string of the molecule is CCNC(=NCc1cccnc1OC)N1CCC(CC(=O)NC)CC1.I. The van der Waals surface area contributed by atoms with Gasteiger partial charge >= 0.3 is 0 Å². The van der Waals surface area contributed by atoms with E-state index < -0.39 is 0 Å². The third kappa shape index (κ3) is 6.62. The minimum absolute atomic E-state index is 0. The van der Waals surface area contributed by atoms with Gasteiger partial charge in [-0.1, -0.05) is 6.07 Å². The van der Waals surface area contributed by atoms with E-state index in [4.69, 9.17) is 9.73 Å². The van der Waals surface area contributed by atoms with Crippen LogP contribution in [0.25, 0.3) is 0 Å². The number of nitrogens with zero attached hydrogens (tertiary/aromatic N) is 3. The van der Waals surface area contributed by atoms with Gasteiger partial charge in [0.25, 0.3) is 0 Å². The van der Waals surface area contributed by atoms with Crippen LogP contribution in [-0.4, -0.2) is 55.5 Å². The molecule has 1 saturated heterocycles. The summed E-state index contributed by atoms with van der Waals surface area (Å²) in [7, 11) is 3.32. The number of ether oxygens (including phenoxy) is 1. The molecule has 1 aliphatic rings. The minimum Gasteiger partial charge on any atom is -0.481 e. The Morgan fingerprint density at radius 1 is 1.42 bits per heavy atom. The lowest BCUT2D eigenvalue weighted by Crippen LogP contribution is -2.46. The van der Waals surface area contributed by atoms with Crippen LogP contribution in [0.1, 0.15) is 31.7 Å². The average molecular weight is 475 g/mol. The number of likely N-dealkylation sites (tertiary alicyclic amines) is 1. The van der Waals surface area contributed by atoms with Gasteiger partial charge in [-0.15, -0.1) is 24.0 Å². The summed E-state index contributed by atoms with van der Waals surface area (Å²) in [6.07, 6.45) is 4.35. The maximum absolute atomic E-state index is 11.5. The molecule has 1 amide bonds. The van der Waals surface area contributed by atoms with E-state index in [-0.39, 0.29) is 29.9 Å². The van der Waals surface area contributed by atoms with Crippen LogP contribution in [0.4, 0.5) is 0 Å². The number of aliphatic imine (C=N–C) groups is 1. The van der Waals surface area contributed by atoms with Gasteiger partial charge < -0.3 is 20.3 Å². The van der Waals surface area contributed by atoms with Crippen molar-refractivity contribution in [1.82, 2.24) is 20.5 Å². The lowest BCUT2D eigenvalue weighted by molar-refractivity contribution is -0.121. The molecule has 0 aromatic carbocycles. The van der Waals surface area contributed by atoms with Gasteiger partial charge in [0.1, 0.15) is 0 Å². The zero-order chi connectivity index (χ0) is 18.1. The lowest BCUT2D eigenvalue weighted by Gasteiger charge is -2.34. The average Bonchev–Trinajstić information content (AvgIpc) is 2.66. The summed E-state index contributed by atoms with van der Waals surface area (Å²) in [4.78, 5) is 22.8. The summed E-state index contributed by atoms with van der Waals surface area (Å²) in [5, 5.41) is 6.07. The number of amides is 1. The highest BCUT2D eigenvalue weighted by atomic mass is 127. The van der Waals surface area contributed by atoms with Crippen LogP contribution in [-0.2, 0) is 11.3 Å². The predicted molar refractivity (Wildman–Crippen MR) is 114 cm³/mol. The number of nitrogens with one attached hydrogen (secondary N) is 2. The quantitative estimate of drug-likeness (QED) is 0.374. The summed E-state index contributed by atoms with van der Waals surface area (Å²) in [5.41, 5.74) is 0.968. The van der Waals surface area contributed by atoms with Gasteiger partial charge in [-0.25, -0.2) is 9.98 Å². The second-order valence-corrected chi connectivity index (χ2v) is 6.15. The summed E-state index contributed by atoms with van der Waals surface area (Å²) in [5.74, 6) is 2.11. The number of guanidine groups is 1. The van der Waals surface area contributed by atoms with Crippen molar-refractivity contribution in [1.29, 1.82) is 0 Å². The molecular formula is C18H30IN5O2. The number of rotatable bonds is 6. The molecule has 0 aliphatic carbocycles. The third-order valence-electron chi connectivity index (χ3n) is 4.44. The fourth-order valence-electron chi connectivity index (χ4n) is 3.03. The molecule has 1 fully saturated rings. The van der Waals surface area contributed by atoms with Crippen molar-refractivity contribution in [2.45, 2.75) is 32.7 Å². The number of carbonyl (C=O) groups is 1. The summed E-state index contributed by atoms with van der Waals surface area (Å²) in [6.45, 7) is 5.24. The fourth-order valence-corrected chi connectivity index (χ4v) is 3.03. The highest BCUT2D eigenvalue weighted by molar-refractivity contribution is 14.0. The molecule has 0 saturated carbocycles. The molecule has 0 spiro atoms. The van der Waals surface area contributed by atoms with E-state index in [2.05, 4.69) is 27.4 Å². The van der Waals surface area contributed by atoms with Gasteiger partial charge in [-0.2, -0.15) is 0 Å². The van der Waals surface area contributed by atoms with E-state index in [9.17, 15) is 4.79 Å². The van der Waals surface area contributed by atoms with Gasteiger partial charge in [0, 0.05) is 44.9 Å². The summed E-state index contributed by atoms with van der Waals surface area (Å²) in [6, 6.07) is 3.87. The number of hydrogen-bond acceptors (Lipinski definition) is 4. The lowest BCUT2D eigenvalue weighted by atomic mass is 9.93. The molecule has 26 heavy (non-hydrogen) atoms. The highest BCUT2D eigenvalue weighted by Gasteiger charge is 2.23. The first-order valence-electron chi connectivity index (χ1n) is 8.89. The second-order valence-electron chi connectivity index (χ2n) is 6.15. The molecule has 1 aromatic heterocycles. The number of methoxy groups -OCH3 is 1. The van der Waals surface area contributed by atoms with Crippen molar-refractivity contribution in [2.24, 2.45) is 10.9 Å². The maximum atomic E-state index is 11.5. The van der Waals surface area contributed by atoms with E-state index in [0.717, 1.165) is 44.0 Å². The van der Waals surface area contributed by atoms with Crippen molar-refractivity contribution in [3.63, 3.8) is 0 Å². The maximum Gasteiger partial charge on any atom is 0.220 e. The largest absolute Gasteiger partial charge is 0.481 e. The van der Waals surface area contributed by atoms with Crippen LogP contribution in [0.5, 0.6) is 5.88 Å². The molecule has 2 N–H and O–H groups in total. The molecule has 2 rings (SSSR count). The summed E-state index contributed by atoms with van der Waals surface area (Å²) < 4.78 is 5.29. The standard InChI is InChI=1S/C18H29N5O2.HI/c1-4-20-18(22-13-15-6-5-9-21-17(15)25-3)23-10-7-14(8-11-23)12-16(24)19-2;/h5-6,9,14H,4,7-8,10-13H2,1-3H3,(H,19,24)(H,20,22);1H. The Morgan fingerprint density at radius 3 is 2.77 bits per heavy atom. The fraction of sp³-hybridized carbons (Fsp3) is 0.611. The minimum atomic E-state index is 0. The van der Waals surface area contributed by atoms with E-state index in [1.165, 1.54) is 0 Å². The molecule has 0 bridgehead atoms. The Hall–Kier alpha value is -1.58. The van der Waals surface area contributed by atoms with Gasteiger partial charge in [-0.05, 0) is 31.7 Å². The number of piperidine rings is 1. The van der Waals surface area contributed by atoms with Crippen molar-refractivity contribution >= 4 is 35.8 Å². The predicted octanol–water partition coefficient (Wildman–Crippen LogP) is 2.02. The highest BCUT2D eigenvalue weighted by Crippen LogP contribution is 2.21. The molecule has 0 unspecified atom stereocenters. The Kier molecular flexibility index (Phi) is 10.3. The number of aromatic nitrogens is 1. The van der Waals surface area contributed by atoms with Crippen LogP contribution in [0, 0.1) is 5.92 Å².